The number of hydrogen-bond donors (Lipinski definition) is 2. The Bertz CT molecular complexity index is 492. The molecular weight excluding hydrogens is 182 g/mol. The molecule has 0 atom stereocenters. The third kappa shape index (κ3) is 1.30. The zero-order valence-corrected chi connectivity index (χ0v) is 7.77. The van der Waals surface area contributed by atoms with Gasteiger partial charge in [-0.2, -0.15) is 5.10 Å². The number of aryl methyl sites for hydroxylation is 1. The predicted molar refractivity (Wildman–Crippen MR) is 51.8 cm³/mol. The van der Waals surface area contributed by atoms with Gasteiger partial charge in [-0.3, -0.25) is 9.25 Å². The number of imidazole rings is 1. The molecule has 3 N–H and O–H groups in total. The van der Waals surface area contributed by atoms with Gasteiger partial charge in [0.25, 0.3) is 0 Å². The van der Waals surface area contributed by atoms with Crippen LogP contribution >= 0.6 is 0 Å². The molecule has 0 unspecified atom stereocenters. The monoisotopic (exact) mass is 193 g/mol. The molecule has 0 saturated heterocycles. The van der Waals surface area contributed by atoms with E-state index in [4.69, 9.17) is 5.73 Å². The minimum absolute atomic E-state index is 0.145. The largest absolute Gasteiger partial charge is 0.384 e. The Morgan fingerprint density at radius 1 is 1.64 bits per heavy atom. The van der Waals surface area contributed by atoms with Crippen molar-refractivity contribution in [3.8, 4) is 0 Å². The fourth-order valence-corrected chi connectivity index (χ4v) is 1.27. The van der Waals surface area contributed by atoms with E-state index in [0.29, 0.717) is 12.4 Å². The molecule has 0 aliphatic carbocycles. The van der Waals surface area contributed by atoms with E-state index >= 15 is 0 Å². The van der Waals surface area contributed by atoms with Crippen LogP contribution in [-0.4, -0.2) is 19.3 Å². The van der Waals surface area contributed by atoms with Crippen LogP contribution in [0.15, 0.2) is 23.4 Å². The Morgan fingerprint density at radius 3 is 2.93 bits per heavy atom. The van der Waals surface area contributed by atoms with Crippen LogP contribution in [-0.2, 0) is 13.6 Å². The van der Waals surface area contributed by atoms with Crippen LogP contribution in [0.1, 0.15) is 5.56 Å². The SMILES string of the molecule is Cn1ncc(Cn2cc[nH]c2=O)c1N. The smallest absolute Gasteiger partial charge is 0.325 e. The number of H-pyrrole nitrogens is 1. The fourth-order valence-electron chi connectivity index (χ4n) is 1.27. The summed E-state index contributed by atoms with van der Waals surface area (Å²) in [6.07, 6.45) is 4.93. The number of rotatable bonds is 2. The third-order valence-electron chi connectivity index (χ3n) is 2.13. The van der Waals surface area contributed by atoms with Crippen molar-refractivity contribution in [2.75, 3.05) is 5.73 Å². The zero-order chi connectivity index (χ0) is 10.1. The summed E-state index contributed by atoms with van der Waals surface area (Å²) in [6, 6.07) is 0. The molecule has 2 aromatic rings. The van der Waals surface area contributed by atoms with E-state index in [1.807, 2.05) is 0 Å². The first-order valence-corrected chi connectivity index (χ1v) is 4.18. The van der Waals surface area contributed by atoms with Crippen LogP contribution in [0.4, 0.5) is 5.82 Å². The molecule has 0 aliphatic rings. The zero-order valence-electron chi connectivity index (χ0n) is 7.77. The van der Waals surface area contributed by atoms with Gasteiger partial charge in [0.2, 0.25) is 0 Å². The molecule has 0 saturated carbocycles. The van der Waals surface area contributed by atoms with Crippen LogP contribution in [0.3, 0.4) is 0 Å². The van der Waals surface area contributed by atoms with Crippen molar-refractivity contribution in [1.29, 1.82) is 0 Å². The maximum absolute atomic E-state index is 11.2. The maximum Gasteiger partial charge on any atom is 0.325 e. The van der Waals surface area contributed by atoms with E-state index in [1.54, 1.807) is 30.3 Å². The van der Waals surface area contributed by atoms with Gasteiger partial charge in [-0.05, 0) is 0 Å². The summed E-state index contributed by atoms with van der Waals surface area (Å²) in [5.74, 6) is 0.582. The molecule has 2 aromatic heterocycles. The molecule has 0 aliphatic heterocycles. The first kappa shape index (κ1) is 8.61. The maximum atomic E-state index is 11.2. The van der Waals surface area contributed by atoms with Crippen LogP contribution in [0.5, 0.6) is 0 Å². The quantitative estimate of drug-likeness (QED) is 0.677. The summed E-state index contributed by atoms with van der Waals surface area (Å²) < 4.78 is 3.11. The number of nitrogens with zero attached hydrogens (tertiary/aromatic N) is 3. The molecule has 0 radical (unpaired) electrons. The van der Waals surface area contributed by atoms with Crippen molar-refractivity contribution < 1.29 is 0 Å². The summed E-state index contributed by atoms with van der Waals surface area (Å²) >= 11 is 0. The predicted octanol–water partition coefficient (Wildman–Crippen LogP) is -0.460. The highest BCUT2D eigenvalue weighted by atomic mass is 16.1. The third-order valence-corrected chi connectivity index (χ3v) is 2.13. The molecule has 0 bridgehead atoms. The van der Waals surface area contributed by atoms with E-state index in [9.17, 15) is 4.79 Å². The van der Waals surface area contributed by atoms with Crippen molar-refractivity contribution in [3.05, 3.63) is 34.6 Å². The molecule has 0 spiro atoms. The standard InChI is InChI=1S/C8H11N5O/c1-12-7(9)6(4-11-12)5-13-3-2-10-8(13)14/h2-4H,5,9H2,1H3,(H,10,14). The number of nitrogens with two attached hydrogens (primary N) is 1. The normalized spacial score (nSPS) is 10.6. The summed E-state index contributed by atoms with van der Waals surface area (Å²) in [5, 5.41) is 3.99. The molecule has 2 rings (SSSR count). The highest BCUT2D eigenvalue weighted by Crippen LogP contribution is 2.09. The van der Waals surface area contributed by atoms with Crippen molar-refractivity contribution >= 4 is 5.82 Å². The lowest BCUT2D eigenvalue weighted by Gasteiger charge is -2.00. The Kier molecular flexibility index (Phi) is 1.88. The summed E-state index contributed by atoms with van der Waals surface area (Å²) in [7, 11) is 1.76. The van der Waals surface area contributed by atoms with Crippen LogP contribution in [0, 0.1) is 0 Å². The molecule has 0 aromatic carbocycles. The average molecular weight is 193 g/mol. The van der Waals surface area contributed by atoms with E-state index in [2.05, 4.69) is 10.1 Å². The lowest BCUT2D eigenvalue weighted by atomic mass is 10.3. The first-order valence-electron chi connectivity index (χ1n) is 4.18. The molecule has 14 heavy (non-hydrogen) atoms. The second-order valence-electron chi connectivity index (χ2n) is 3.07. The Balaban J connectivity index is 2.32. The minimum atomic E-state index is -0.145. The minimum Gasteiger partial charge on any atom is -0.384 e. The first-order chi connectivity index (χ1) is 6.68. The molecule has 6 nitrogen and oxygen atoms in total. The van der Waals surface area contributed by atoms with Crippen LogP contribution in [0.2, 0.25) is 0 Å². The molecule has 0 amide bonds. The molecular formula is C8H11N5O. The van der Waals surface area contributed by atoms with Gasteiger partial charge in [0.1, 0.15) is 5.82 Å². The van der Waals surface area contributed by atoms with Gasteiger partial charge in [-0.15, -0.1) is 0 Å². The molecule has 6 heteroatoms. The number of nitrogens with one attached hydrogen (secondary N) is 1. The van der Waals surface area contributed by atoms with Gasteiger partial charge < -0.3 is 10.7 Å². The molecule has 0 fully saturated rings. The fraction of sp³-hybridized carbons (Fsp3) is 0.250. The second kappa shape index (κ2) is 3.06. The van der Waals surface area contributed by atoms with Crippen molar-refractivity contribution in [2.45, 2.75) is 6.54 Å². The summed E-state index contributed by atoms with van der Waals surface area (Å²) in [6.45, 7) is 0.446. The highest BCUT2D eigenvalue weighted by molar-refractivity contribution is 5.38. The van der Waals surface area contributed by atoms with Gasteiger partial charge in [0.05, 0.1) is 12.7 Å². The van der Waals surface area contributed by atoms with E-state index < -0.39 is 0 Å². The summed E-state index contributed by atoms with van der Waals surface area (Å²) in [4.78, 5) is 13.7. The van der Waals surface area contributed by atoms with Gasteiger partial charge in [-0.25, -0.2) is 4.79 Å². The van der Waals surface area contributed by atoms with Gasteiger partial charge in [-0.1, -0.05) is 0 Å². The Labute approximate surface area is 80.0 Å². The Hall–Kier alpha value is -1.98. The second-order valence-corrected chi connectivity index (χ2v) is 3.07. The average Bonchev–Trinajstić information content (AvgIpc) is 2.68. The van der Waals surface area contributed by atoms with Gasteiger partial charge >= 0.3 is 5.69 Å². The van der Waals surface area contributed by atoms with E-state index in [0.717, 1.165) is 5.56 Å². The van der Waals surface area contributed by atoms with Crippen LogP contribution < -0.4 is 11.4 Å². The van der Waals surface area contributed by atoms with Crippen molar-refractivity contribution in [2.24, 2.45) is 7.05 Å². The van der Waals surface area contributed by atoms with Crippen LogP contribution in [0.25, 0.3) is 0 Å². The molecule has 2 heterocycles. The number of aromatic amines is 1. The number of anilines is 1. The van der Waals surface area contributed by atoms with Crippen molar-refractivity contribution in [3.63, 3.8) is 0 Å². The highest BCUT2D eigenvalue weighted by Gasteiger charge is 2.05. The van der Waals surface area contributed by atoms with Gasteiger partial charge in [0.15, 0.2) is 0 Å². The number of hydrogen-bond acceptors (Lipinski definition) is 3. The Morgan fingerprint density at radius 2 is 2.43 bits per heavy atom. The van der Waals surface area contributed by atoms with E-state index in [1.165, 1.54) is 4.57 Å². The topological polar surface area (TPSA) is 81.6 Å². The number of aromatic nitrogens is 4. The lowest BCUT2D eigenvalue weighted by Crippen LogP contribution is -2.17. The number of nitrogen functional groups attached to an aromatic ring is 1. The van der Waals surface area contributed by atoms with E-state index in [-0.39, 0.29) is 5.69 Å². The lowest BCUT2D eigenvalue weighted by molar-refractivity contribution is 0.759. The van der Waals surface area contributed by atoms with Gasteiger partial charge in [0, 0.05) is 25.0 Å². The summed E-state index contributed by atoms with van der Waals surface area (Å²) in [5.41, 5.74) is 6.44. The van der Waals surface area contributed by atoms with Crippen molar-refractivity contribution in [1.82, 2.24) is 19.3 Å². The molecule has 74 valence electrons.